The predicted octanol–water partition coefficient (Wildman–Crippen LogP) is -0.302. The third-order valence-corrected chi connectivity index (χ3v) is 1.63. The number of thiol groups is 1. The molecule has 0 rings (SSSR count). The van der Waals surface area contributed by atoms with Crippen LogP contribution in [0.4, 0.5) is 0 Å². The van der Waals surface area contributed by atoms with Crippen LogP contribution in [0, 0.1) is 11.3 Å². The van der Waals surface area contributed by atoms with E-state index in [0.29, 0.717) is 0 Å². The van der Waals surface area contributed by atoms with E-state index < -0.39 is 5.91 Å². The van der Waals surface area contributed by atoms with Crippen LogP contribution in [0.25, 0.3) is 0 Å². The minimum atomic E-state index is -0.758. The second-order valence-electron chi connectivity index (χ2n) is 2.07. The average Bonchev–Trinajstić information content (AvgIpc) is 1.88. The Bertz CT molecular complexity index is 239. The van der Waals surface area contributed by atoms with Crippen LogP contribution in [0.3, 0.4) is 0 Å². The molecule has 0 aromatic heterocycles. The van der Waals surface area contributed by atoms with E-state index in [4.69, 9.17) is 11.0 Å². The van der Waals surface area contributed by atoms with E-state index in [9.17, 15) is 4.79 Å². The summed E-state index contributed by atoms with van der Waals surface area (Å²) < 4.78 is 0. The number of nitrogens with zero attached hydrogens (tertiary/aromatic N) is 2. The number of hydrogen-bond donors (Lipinski definition) is 2. The van der Waals surface area contributed by atoms with Crippen LogP contribution in [-0.2, 0) is 4.79 Å². The molecule has 0 heterocycles. The summed E-state index contributed by atoms with van der Waals surface area (Å²) >= 11 is 3.92. The lowest BCUT2D eigenvalue weighted by Crippen LogP contribution is -2.18. The van der Waals surface area contributed by atoms with Gasteiger partial charge >= 0.3 is 0 Å². The van der Waals surface area contributed by atoms with Crippen LogP contribution in [0.5, 0.6) is 0 Å². The Kier molecular flexibility index (Phi) is 3.48. The molecule has 11 heavy (non-hydrogen) atoms. The Hall–Kier alpha value is -1.15. The number of nitrogens with two attached hydrogens (primary N) is 1. The minimum absolute atomic E-state index is 0.127. The second-order valence-corrected chi connectivity index (χ2v) is 2.49. The predicted molar refractivity (Wildman–Crippen MR) is 44.5 cm³/mol. The van der Waals surface area contributed by atoms with Crippen molar-refractivity contribution in [1.29, 1.82) is 5.26 Å². The molecule has 0 aromatic carbocycles. The van der Waals surface area contributed by atoms with Crippen molar-refractivity contribution in [3.63, 3.8) is 0 Å². The number of carbonyl (C=O) groups is 1. The van der Waals surface area contributed by atoms with Gasteiger partial charge in [0.05, 0.1) is 5.03 Å². The highest BCUT2D eigenvalue weighted by atomic mass is 32.1. The molecule has 2 N–H and O–H groups in total. The second kappa shape index (κ2) is 3.88. The molecule has 0 aliphatic heterocycles. The smallest absolute Gasteiger partial charge is 0.262 e. The molecule has 0 saturated carbocycles. The Morgan fingerprint density at radius 3 is 2.18 bits per heavy atom. The Balaban J connectivity index is 4.88. The lowest BCUT2D eigenvalue weighted by Gasteiger charge is -2.11. The van der Waals surface area contributed by atoms with Crippen LogP contribution < -0.4 is 5.73 Å². The maximum absolute atomic E-state index is 10.5. The summed E-state index contributed by atoms with van der Waals surface area (Å²) in [7, 11) is 3.34. The largest absolute Gasteiger partial charge is 0.371 e. The molecule has 0 saturated heterocycles. The number of rotatable bonds is 2. The van der Waals surface area contributed by atoms with Crippen LogP contribution in [-0.4, -0.2) is 24.9 Å². The van der Waals surface area contributed by atoms with Gasteiger partial charge in [0, 0.05) is 14.1 Å². The fraction of sp³-hybridized carbons (Fsp3) is 0.333. The van der Waals surface area contributed by atoms with Crippen molar-refractivity contribution in [2.24, 2.45) is 5.73 Å². The molecule has 0 radical (unpaired) electrons. The zero-order valence-corrected chi connectivity index (χ0v) is 7.22. The summed E-state index contributed by atoms with van der Waals surface area (Å²) in [6, 6.07) is 1.67. The minimum Gasteiger partial charge on any atom is -0.371 e. The lowest BCUT2D eigenvalue weighted by molar-refractivity contribution is -0.114. The van der Waals surface area contributed by atoms with Gasteiger partial charge in [0.15, 0.2) is 0 Å². The van der Waals surface area contributed by atoms with Gasteiger partial charge < -0.3 is 10.6 Å². The molecule has 1 amide bonds. The van der Waals surface area contributed by atoms with Crippen molar-refractivity contribution in [1.82, 2.24) is 4.90 Å². The van der Waals surface area contributed by atoms with Crippen molar-refractivity contribution in [3.8, 4) is 6.07 Å². The number of primary amides is 1. The molecular formula is C6H9N3OS. The Morgan fingerprint density at radius 1 is 1.64 bits per heavy atom. The number of amides is 1. The van der Waals surface area contributed by atoms with E-state index in [0.717, 1.165) is 0 Å². The summed E-state index contributed by atoms with van der Waals surface area (Å²) in [5.74, 6) is -0.758. The molecule has 4 nitrogen and oxygen atoms in total. The van der Waals surface area contributed by atoms with Crippen LogP contribution >= 0.6 is 12.6 Å². The zero-order chi connectivity index (χ0) is 9.02. The maximum atomic E-state index is 10.5. The third-order valence-electron chi connectivity index (χ3n) is 1.01. The normalized spacial score (nSPS) is 11.5. The fourth-order valence-electron chi connectivity index (χ4n) is 0.439. The van der Waals surface area contributed by atoms with E-state index in [1.807, 2.05) is 0 Å². The first-order chi connectivity index (χ1) is 5.00. The van der Waals surface area contributed by atoms with Crippen molar-refractivity contribution in [2.75, 3.05) is 14.1 Å². The van der Waals surface area contributed by atoms with Crippen LogP contribution in [0.15, 0.2) is 10.6 Å². The summed E-state index contributed by atoms with van der Waals surface area (Å²) in [6.45, 7) is 0. The van der Waals surface area contributed by atoms with Gasteiger partial charge in [-0.3, -0.25) is 4.79 Å². The molecule has 0 spiro atoms. The molecule has 0 unspecified atom stereocenters. The summed E-state index contributed by atoms with van der Waals surface area (Å²) in [6.07, 6.45) is 0. The molecule has 0 aliphatic rings. The molecule has 0 atom stereocenters. The van der Waals surface area contributed by atoms with Crippen molar-refractivity contribution >= 4 is 18.5 Å². The van der Waals surface area contributed by atoms with E-state index in [-0.39, 0.29) is 10.6 Å². The van der Waals surface area contributed by atoms with Gasteiger partial charge in [-0.05, 0) is 0 Å². The molecule has 0 aromatic rings. The highest BCUT2D eigenvalue weighted by Crippen LogP contribution is 2.09. The highest BCUT2D eigenvalue weighted by molar-refractivity contribution is 7.84. The van der Waals surface area contributed by atoms with Gasteiger partial charge in [0.2, 0.25) is 0 Å². The van der Waals surface area contributed by atoms with E-state index >= 15 is 0 Å². The Labute approximate surface area is 70.7 Å². The quantitative estimate of drug-likeness (QED) is 0.340. The summed E-state index contributed by atoms with van der Waals surface area (Å²) in [5, 5.41) is 8.71. The fourth-order valence-corrected chi connectivity index (χ4v) is 0.599. The highest BCUT2D eigenvalue weighted by Gasteiger charge is 2.09. The zero-order valence-electron chi connectivity index (χ0n) is 6.33. The van der Waals surface area contributed by atoms with Crippen LogP contribution in [0.2, 0.25) is 0 Å². The van der Waals surface area contributed by atoms with Gasteiger partial charge in [0.1, 0.15) is 11.6 Å². The molecule has 0 aliphatic carbocycles. The maximum Gasteiger partial charge on any atom is 0.262 e. The molecule has 0 fully saturated rings. The number of carbonyl (C=O) groups excluding carboxylic acids is 1. The van der Waals surface area contributed by atoms with Gasteiger partial charge in [-0.25, -0.2) is 0 Å². The monoisotopic (exact) mass is 171 g/mol. The first-order valence-corrected chi connectivity index (χ1v) is 3.26. The van der Waals surface area contributed by atoms with E-state index in [1.165, 1.54) is 4.90 Å². The summed E-state index contributed by atoms with van der Waals surface area (Å²) in [4.78, 5) is 12.1. The van der Waals surface area contributed by atoms with Crippen molar-refractivity contribution < 1.29 is 4.79 Å². The van der Waals surface area contributed by atoms with Gasteiger partial charge in [-0.2, -0.15) is 5.26 Å². The SMILES string of the molecule is CN(C)/C(S)=C(/C#N)C(N)=O. The van der Waals surface area contributed by atoms with E-state index in [1.54, 1.807) is 20.2 Å². The van der Waals surface area contributed by atoms with Gasteiger partial charge in [0.25, 0.3) is 5.91 Å². The summed E-state index contributed by atoms with van der Waals surface area (Å²) in [5.41, 5.74) is 4.76. The molecular weight excluding hydrogens is 162 g/mol. The first-order valence-electron chi connectivity index (χ1n) is 2.81. The average molecular weight is 171 g/mol. The van der Waals surface area contributed by atoms with Gasteiger partial charge in [-0.1, -0.05) is 0 Å². The lowest BCUT2D eigenvalue weighted by atomic mass is 10.3. The molecule has 60 valence electrons. The first kappa shape index (κ1) is 9.85. The topological polar surface area (TPSA) is 70.1 Å². The standard InChI is InChI=1S/C6H9N3OS/c1-9(2)6(11)4(3-7)5(8)10/h11H,1-2H3,(H2,8,10)/b6-4+. The third kappa shape index (κ3) is 2.51. The Morgan fingerprint density at radius 2 is 2.09 bits per heavy atom. The molecule has 5 heteroatoms. The van der Waals surface area contributed by atoms with Crippen molar-refractivity contribution in [3.05, 3.63) is 10.6 Å². The van der Waals surface area contributed by atoms with Gasteiger partial charge in [-0.15, -0.1) is 12.6 Å². The molecule has 0 bridgehead atoms. The van der Waals surface area contributed by atoms with Crippen LogP contribution in [0.1, 0.15) is 0 Å². The van der Waals surface area contributed by atoms with E-state index in [2.05, 4.69) is 12.6 Å². The van der Waals surface area contributed by atoms with Crippen molar-refractivity contribution in [2.45, 2.75) is 0 Å². The number of hydrogen-bond acceptors (Lipinski definition) is 4. The number of nitriles is 1.